The van der Waals surface area contributed by atoms with E-state index in [0.29, 0.717) is 73.8 Å². The van der Waals surface area contributed by atoms with Crippen molar-refractivity contribution in [3.63, 3.8) is 0 Å². The minimum absolute atomic E-state index is 0.229. The zero-order valence-electron chi connectivity index (χ0n) is 49.3. The van der Waals surface area contributed by atoms with Crippen LogP contribution >= 0.6 is 0 Å². The molecule has 85 heavy (non-hydrogen) atoms. The summed E-state index contributed by atoms with van der Waals surface area (Å²) in [6.07, 6.45) is 29.0. The van der Waals surface area contributed by atoms with Crippen LogP contribution in [-0.4, -0.2) is 40.9 Å². The van der Waals surface area contributed by atoms with Crippen LogP contribution in [0.5, 0.6) is 46.0 Å². The average molecular weight is 1140 g/mol. The van der Waals surface area contributed by atoms with Crippen LogP contribution in [0.1, 0.15) is 255 Å². The van der Waals surface area contributed by atoms with Crippen LogP contribution in [0.4, 0.5) is 0 Å². The van der Waals surface area contributed by atoms with Gasteiger partial charge in [0, 0.05) is 92.4 Å². The molecule has 0 amide bonds. The zero-order chi connectivity index (χ0) is 58.9. The Bertz CT molecular complexity index is 3420. The largest absolute Gasteiger partial charge is 0.507 e. The number of phenols is 8. The van der Waals surface area contributed by atoms with E-state index in [1.165, 1.54) is 85.1 Å². The molecule has 440 valence electrons. The van der Waals surface area contributed by atoms with E-state index in [-0.39, 0.29) is 46.0 Å². The minimum Gasteiger partial charge on any atom is -0.507 e. The van der Waals surface area contributed by atoms with Gasteiger partial charge in [-0.3, -0.25) is 0 Å². The summed E-state index contributed by atoms with van der Waals surface area (Å²) >= 11 is 0. The summed E-state index contributed by atoms with van der Waals surface area (Å²) in [5, 5.41) is 100. The lowest BCUT2D eigenvalue weighted by Gasteiger charge is -2.30. The van der Waals surface area contributed by atoms with Gasteiger partial charge < -0.3 is 40.9 Å². The highest BCUT2D eigenvalue weighted by atomic mass is 16.3. The molecule has 0 saturated heterocycles. The van der Waals surface area contributed by atoms with E-state index in [1.807, 2.05) is 37.3 Å². The van der Waals surface area contributed by atoms with Gasteiger partial charge in [-0.1, -0.05) is 175 Å². The van der Waals surface area contributed by atoms with Crippen LogP contribution in [0.3, 0.4) is 0 Å². The molecular weight excluding hydrogens is 1050 g/mol. The molecule has 7 aromatic rings. The number of phenolic OH excluding ortho intramolecular Hbond substituents is 8. The van der Waals surface area contributed by atoms with Gasteiger partial charge in [0.25, 0.3) is 0 Å². The number of hydrogen-bond acceptors (Lipinski definition) is 8. The number of fused-ring (bicyclic) bond motifs is 8. The highest BCUT2D eigenvalue weighted by Gasteiger charge is 2.36. The predicted octanol–water partition coefficient (Wildman–Crippen LogP) is 19.1. The van der Waals surface area contributed by atoms with Gasteiger partial charge in [-0.15, -0.1) is 0 Å². The second-order valence-corrected chi connectivity index (χ2v) is 25.6. The van der Waals surface area contributed by atoms with E-state index in [1.54, 1.807) is 24.3 Å². The van der Waals surface area contributed by atoms with Crippen LogP contribution in [0.15, 0.2) is 157 Å². The maximum atomic E-state index is 12.5. The van der Waals surface area contributed by atoms with Crippen LogP contribution in [0, 0.1) is 5.92 Å². The molecule has 7 aromatic carbocycles. The van der Waals surface area contributed by atoms with E-state index < -0.39 is 23.7 Å². The maximum absolute atomic E-state index is 12.5. The Kier molecular flexibility index (Phi) is 16.9. The molecule has 8 N–H and O–H groups in total. The fraction of sp³-hybridized carbons (Fsp3) is 0.377. The van der Waals surface area contributed by atoms with E-state index in [9.17, 15) is 40.9 Å². The summed E-state index contributed by atoms with van der Waals surface area (Å²) in [5.41, 5.74) is 10.3. The van der Waals surface area contributed by atoms with Crippen molar-refractivity contribution in [2.75, 3.05) is 0 Å². The Morgan fingerprint density at radius 1 is 0.318 bits per heavy atom. The van der Waals surface area contributed by atoms with Crippen molar-refractivity contribution in [2.24, 2.45) is 5.92 Å². The first-order chi connectivity index (χ1) is 41.3. The molecule has 2 unspecified atom stereocenters. The van der Waals surface area contributed by atoms with Crippen molar-refractivity contribution >= 4 is 0 Å². The molecule has 0 aromatic heterocycles. The van der Waals surface area contributed by atoms with Gasteiger partial charge in [-0.05, 0) is 151 Å². The predicted molar refractivity (Wildman–Crippen MR) is 339 cm³/mol. The minimum atomic E-state index is -0.995. The number of allylic oxidation sites excluding steroid dienone is 5. The Morgan fingerprint density at radius 2 is 0.565 bits per heavy atom. The lowest BCUT2D eigenvalue weighted by Crippen LogP contribution is -2.13. The summed E-state index contributed by atoms with van der Waals surface area (Å²) in [6, 6.07) is 37.6. The third-order valence-corrected chi connectivity index (χ3v) is 20.5. The second-order valence-electron chi connectivity index (χ2n) is 25.6. The average Bonchev–Trinajstić information content (AvgIpc) is 3.69. The normalized spacial score (nSPS) is 21.3. The van der Waals surface area contributed by atoms with Gasteiger partial charge in [0.15, 0.2) is 0 Å². The molecule has 0 spiro atoms. The molecule has 4 saturated carbocycles. The van der Waals surface area contributed by atoms with Gasteiger partial charge in [-0.2, -0.15) is 0 Å². The lowest BCUT2D eigenvalue weighted by molar-refractivity contribution is 0.408. The van der Waals surface area contributed by atoms with E-state index >= 15 is 0 Å². The molecule has 8 heteroatoms. The van der Waals surface area contributed by atoms with Gasteiger partial charge in [0.05, 0.1) is 0 Å². The quantitative estimate of drug-likeness (QED) is 0.0628. The molecule has 0 aliphatic heterocycles. The number of hydrogen-bond donors (Lipinski definition) is 8. The molecular formula is C77H84O8. The van der Waals surface area contributed by atoms with Gasteiger partial charge in [0.1, 0.15) is 46.0 Å². The van der Waals surface area contributed by atoms with Crippen molar-refractivity contribution < 1.29 is 40.9 Å². The van der Waals surface area contributed by atoms with E-state index in [0.717, 1.165) is 107 Å². The van der Waals surface area contributed by atoms with Crippen LogP contribution < -0.4 is 0 Å². The molecule has 2 atom stereocenters. The summed E-state index contributed by atoms with van der Waals surface area (Å²) in [6.45, 7) is 6.76. The second kappa shape index (κ2) is 25.0. The summed E-state index contributed by atoms with van der Waals surface area (Å²) in [4.78, 5) is 0. The fourth-order valence-corrected chi connectivity index (χ4v) is 15.8. The van der Waals surface area contributed by atoms with E-state index in [4.69, 9.17) is 6.58 Å². The van der Waals surface area contributed by atoms with Gasteiger partial charge in [-0.25, -0.2) is 0 Å². The van der Waals surface area contributed by atoms with E-state index in [2.05, 4.69) is 60.7 Å². The topological polar surface area (TPSA) is 162 Å². The van der Waals surface area contributed by atoms with Gasteiger partial charge in [0.2, 0.25) is 0 Å². The smallest absolute Gasteiger partial charge is 0.123 e. The molecule has 8 nitrogen and oxygen atoms in total. The molecule has 5 aliphatic rings. The van der Waals surface area contributed by atoms with Crippen molar-refractivity contribution in [1.29, 1.82) is 0 Å². The fourth-order valence-electron chi connectivity index (χ4n) is 15.8. The Balaban J connectivity index is 1.14. The molecule has 0 radical (unpaired) electrons. The van der Waals surface area contributed by atoms with Gasteiger partial charge >= 0.3 is 0 Å². The lowest BCUT2D eigenvalue weighted by atomic mass is 9.74. The summed E-state index contributed by atoms with van der Waals surface area (Å²) in [7, 11) is 0. The number of benzene rings is 7. The molecule has 5 aliphatic carbocycles. The molecule has 0 heterocycles. The first-order valence-corrected chi connectivity index (χ1v) is 31.9. The van der Waals surface area contributed by atoms with Crippen LogP contribution in [-0.2, 0) is 0 Å². The number of aromatic hydroxyl groups is 8. The third-order valence-electron chi connectivity index (χ3n) is 20.5. The first kappa shape index (κ1) is 57.6. The van der Waals surface area contributed by atoms with Crippen molar-refractivity contribution in [1.82, 2.24) is 0 Å². The Labute approximate surface area is 502 Å². The third kappa shape index (κ3) is 11.7. The highest BCUT2D eigenvalue weighted by molar-refractivity contribution is 5.67. The zero-order valence-corrected chi connectivity index (χ0v) is 49.3. The molecule has 12 rings (SSSR count). The summed E-state index contributed by atoms with van der Waals surface area (Å²) < 4.78 is 0. The van der Waals surface area contributed by atoms with Crippen LogP contribution in [0.2, 0.25) is 0 Å². The van der Waals surface area contributed by atoms with Crippen molar-refractivity contribution in [3.8, 4) is 46.0 Å². The first-order valence-electron chi connectivity index (χ1n) is 31.9. The SMILES string of the molecule is C=C(/C=C\C(=C/C)C1CCCCC1)C1c2cc(c(O)cc2O)C(c2ccc(C3CCCCC3)cc2)c2cc(c(O)cc2O)C(c2ccc(C3CCCCC3)cc2)c2cc(c(O)cc2O)C(c2ccc(C3CCCCC3)cc2)c2cc1c(O)cc2O. The van der Waals surface area contributed by atoms with Crippen LogP contribution in [0.25, 0.3) is 0 Å². The standard InChI is InChI=1S/C77H84O8/c1-3-47(48-16-8-4-9-17-48)25-24-46(2)74-58-38-60(68(80)42-66(58)78)75(55-32-26-52(27-33-55)49-18-10-5-11-19-49)62-40-64(72(84)44-70(62)82)77(57-36-30-54(31-37-57)51-22-14-7-15-23-51)65-41-63(71(83)45-73(65)85)76(61-39-59(74)67(79)43-69(61)81)56-34-28-53(29-35-56)50-20-12-6-13-21-50/h3,24-45,48-51,74-85H,2,4-23H2,1H3/b25-24-,47-3+. The molecule has 4 fully saturated rings. The van der Waals surface area contributed by atoms with Crippen molar-refractivity contribution in [2.45, 2.75) is 177 Å². The monoisotopic (exact) mass is 1140 g/mol. The molecule has 8 bridgehead atoms. The Morgan fingerprint density at radius 3 is 0.847 bits per heavy atom. The Hall–Kier alpha value is -7.84. The maximum Gasteiger partial charge on any atom is 0.123 e. The summed E-state index contributed by atoms with van der Waals surface area (Å²) in [5.74, 6) is -4.09. The van der Waals surface area contributed by atoms with Crippen molar-refractivity contribution in [3.05, 3.63) is 235 Å². The highest BCUT2D eigenvalue weighted by Crippen LogP contribution is 2.54. The number of rotatable bonds is 10.